The van der Waals surface area contributed by atoms with E-state index >= 15 is 0 Å². The Morgan fingerprint density at radius 3 is 2.42 bits per heavy atom. The minimum atomic E-state index is -1.82. The highest BCUT2D eigenvalue weighted by Crippen LogP contribution is 2.48. The summed E-state index contributed by atoms with van der Waals surface area (Å²) in [5.74, 6) is -1.03. The largest absolute Gasteiger partial charge is 0.326 e. The molecule has 0 N–H and O–H groups in total. The molecule has 5 nitrogen and oxygen atoms in total. The summed E-state index contributed by atoms with van der Waals surface area (Å²) in [7, 11) is 0. The molecule has 4 aliphatic rings. The third-order valence-corrected chi connectivity index (χ3v) is 5.08. The minimum absolute atomic E-state index is 0.180. The lowest BCUT2D eigenvalue weighted by atomic mass is 9.84. The second-order valence-electron chi connectivity index (χ2n) is 6.27. The Hall–Kier alpha value is -2.79. The molecule has 2 aliphatic carbocycles. The van der Waals surface area contributed by atoms with Crippen molar-refractivity contribution >= 4 is 17.3 Å². The molecular formula is C19H13NO4. The monoisotopic (exact) mass is 319 g/mol. The van der Waals surface area contributed by atoms with Crippen LogP contribution in [-0.2, 0) is 9.53 Å². The molecule has 1 aromatic carbocycles. The molecule has 0 radical (unpaired) electrons. The lowest BCUT2D eigenvalue weighted by Crippen LogP contribution is -2.56. The zero-order valence-electron chi connectivity index (χ0n) is 12.7. The molecule has 1 aromatic rings. The summed E-state index contributed by atoms with van der Waals surface area (Å²) in [6.45, 7) is 0. The van der Waals surface area contributed by atoms with E-state index in [-0.39, 0.29) is 11.4 Å². The van der Waals surface area contributed by atoms with Gasteiger partial charge in [0.15, 0.2) is 12.0 Å². The van der Waals surface area contributed by atoms with E-state index in [1.807, 2.05) is 23.3 Å². The van der Waals surface area contributed by atoms with Gasteiger partial charge in [0.25, 0.3) is 0 Å². The molecule has 1 unspecified atom stereocenters. The molecule has 2 aliphatic heterocycles. The lowest BCUT2D eigenvalue weighted by molar-refractivity contribution is -0.119. The van der Waals surface area contributed by atoms with Crippen LogP contribution in [0.5, 0.6) is 0 Å². The van der Waals surface area contributed by atoms with E-state index in [9.17, 15) is 14.4 Å². The van der Waals surface area contributed by atoms with Crippen molar-refractivity contribution in [3.8, 4) is 0 Å². The zero-order valence-corrected chi connectivity index (χ0v) is 12.7. The molecule has 0 amide bonds. The first-order chi connectivity index (χ1) is 11.6. The van der Waals surface area contributed by atoms with Crippen molar-refractivity contribution in [1.82, 2.24) is 4.90 Å². The summed E-state index contributed by atoms with van der Waals surface area (Å²) >= 11 is 0. The van der Waals surface area contributed by atoms with Gasteiger partial charge in [-0.1, -0.05) is 30.3 Å². The second-order valence-corrected chi connectivity index (χ2v) is 6.27. The van der Waals surface area contributed by atoms with Crippen LogP contribution in [0.4, 0.5) is 0 Å². The maximum absolute atomic E-state index is 13.2. The smallest absolute Gasteiger partial charge is 0.226 e. The Balaban J connectivity index is 1.79. The summed E-state index contributed by atoms with van der Waals surface area (Å²) in [6, 6.07) is 6.67. The molecule has 1 atom stereocenters. The SMILES string of the molecule is O=C1CCC2=C1C1(OC3C=CC=CN23)C(=O)c2ccccc2C1=O. The molecule has 0 saturated heterocycles. The van der Waals surface area contributed by atoms with Gasteiger partial charge < -0.3 is 9.64 Å². The van der Waals surface area contributed by atoms with Crippen LogP contribution in [-0.4, -0.2) is 34.1 Å². The highest BCUT2D eigenvalue weighted by molar-refractivity contribution is 6.37. The number of rotatable bonds is 0. The van der Waals surface area contributed by atoms with Gasteiger partial charge in [-0.3, -0.25) is 14.4 Å². The number of carbonyl (C=O) groups excluding carboxylic acids is 3. The van der Waals surface area contributed by atoms with Crippen LogP contribution in [0.3, 0.4) is 0 Å². The fourth-order valence-corrected chi connectivity index (χ4v) is 4.06. The number of Topliss-reactive ketones (excluding diaryl/α,β-unsaturated/α-hetero) is 3. The van der Waals surface area contributed by atoms with Crippen molar-refractivity contribution in [2.45, 2.75) is 24.7 Å². The molecule has 0 aromatic heterocycles. The second kappa shape index (κ2) is 4.39. The molecular weight excluding hydrogens is 306 g/mol. The molecule has 118 valence electrons. The number of benzene rings is 1. The Bertz CT molecular complexity index is 886. The number of hydrogen-bond donors (Lipinski definition) is 0. The Morgan fingerprint density at radius 2 is 1.71 bits per heavy atom. The fourth-order valence-electron chi connectivity index (χ4n) is 4.06. The van der Waals surface area contributed by atoms with E-state index in [4.69, 9.17) is 4.74 Å². The number of ketones is 3. The average molecular weight is 319 g/mol. The summed E-state index contributed by atoms with van der Waals surface area (Å²) < 4.78 is 6.04. The summed E-state index contributed by atoms with van der Waals surface area (Å²) in [6.07, 6.45) is 7.53. The summed E-state index contributed by atoms with van der Waals surface area (Å²) in [4.78, 5) is 40.7. The first kappa shape index (κ1) is 13.6. The zero-order chi connectivity index (χ0) is 16.5. The third kappa shape index (κ3) is 1.41. The number of hydrogen-bond acceptors (Lipinski definition) is 5. The first-order valence-corrected chi connectivity index (χ1v) is 7.91. The van der Waals surface area contributed by atoms with Gasteiger partial charge in [0.05, 0.1) is 5.57 Å². The molecule has 0 fully saturated rings. The average Bonchev–Trinajstić information content (AvgIpc) is 3.10. The van der Waals surface area contributed by atoms with Crippen LogP contribution >= 0.6 is 0 Å². The third-order valence-electron chi connectivity index (χ3n) is 5.08. The van der Waals surface area contributed by atoms with Crippen molar-refractivity contribution in [1.29, 1.82) is 0 Å². The molecule has 5 rings (SSSR count). The van der Waals surface area contributed by atoms with Gasteiger partial charge in [0.1, 0.15) is 0 Å². The molecule has 0 saturated carbocycles. The predicted octanol–water partition coefficient (Wildman–Crippen LogP) is 2.16. The predicted molar refractivity (Wildman–Crippen MR) is 84.1 cm³/mol. The van der Waals surface area contributed by atoms with Crippen LogP contribution in [0, 0.1) is 0 Å². The number of carbonyl (C=O) groups is 3. The van der Waals surface area contributed by atoms with E-state index in [0.717, 1.165) is 5.70 Å². The maximum Gasteiger partial charge on any atom is 0.226 e. The van der Waals surface area contributed by atoms with E-state index < -0.39 is 23.4 Å². The van der Waals surface area contributed by atoms with Gasteiger partial charge >= 0.3 is 0 Å². The van der Waals surface area contributed by atoms with Crippen molar-refractivity contribution in [3.05, 3.63) is 71.1 Å². The van der Waals surface area contributed by atoms with Gasteiger partial charge in [-0.15, -0.1) is 0 Å². The van der Waals surface area contributed by atoms with Crippen LogP contribution < -0.4 is 0 Å². The molecule has 2 heterocycles. The molecule has 24 heavy (non-hydrogen) atoms. The van der Waals surface area contributed by atoms with Crippen molar-refractivity contribution in [2.75, 3.05) is 0 Å². The van der Waals surface area contributed by atoms with Gasteiger partial charge in [0, 0.05) is 29.4 Å². The Kier molecular flexibility index (Phi) is 2.49. The molecule has 5 heteroatoms. The first-order valence-electron chi connectivity index (χ1n) is 7.91. The van der Waals surface area contributed by atoms with Crippen LogP contribution in [0.1, 0.15) is 33.6 Å². The lowest BCUT2D eigenvalue weighted by Gasteiger charge is -2.43. The highest BCUT2D eigenvalue weighted by Gasteiger charge is 2.63. The molecule has 1 spiro atoms. The number of allylic oxidation sites excluding steroid dienone is 3. The van der Waals surface area contributed by atoms with Gasteiger partial charge in [-0.05, 0) is 18.6 Å². The van der Waals surface area contributed by atoms with Crippen molar-refractivity contribution < 1.29 is 19.1 Å². The van der Waals surface area contributed by atoms with E-state index in [0.29, 0.717) is 24.0 Å². The topological polar surface area (TPSA) is 63.7 Å². The van der Waals surface area contributed by atoms with Crippen LogP contribution in [0.25, 0.3) is 0 Å². The minimum Gasteiger partial charge on any atom is -0.326 e. The van der Waals surface area contributed by atoms with E-state index in [1.165, 1.54) is 0 Å². The van der Waals surface area contributed by atoms with Gasteiger partial charge in [-0.2, -0.15) is 0 Å². The highest BCUT2D eigenvalue weighted by atomic mass is 16.5. The standard InChI is InChI=1S/C19H13NO4/c21-14-9-8-13-16(14)19(24-15-7-3-4-10-20(13)15)17(22)11-5-1-2-6-12(11)18(19)23/h1-7,10,15H,8-9H2. The Morgan fingerprint density at radius 1 is 1.00 bits per heavy atom. The molecule has 0 bridgehead atoms. The van der Waals surface area contributed by atoms with Crippen LogP contribution in [0.2, 0.25) is 0 Å². The van der Waals surface area contributed by atoms with Gasteiger partial charge in [-0.25, -0.2) is 0 Å². The summed E-state index contributed by atoms with van der Waals surface area (Å²) in [5, 5.41) is 0. The maximum atomic E-state index is 13.2. The number of nitrogens with zero attached hydrogens (tertiary/aromatic N) is 1. The Labute approximate surface area is 137 Å². The fraction of sp³-hybridized carbons (Fsp3) is 0.211. The number of fused-ring (bicyclic) bond motifs is 4. The van der Waals surface area contributed by atoms with Gasteiger partial charge in [0.2, 0.25) is 17.2 Å². The number of ether oxygens (including phenoxy) is 1. The summed E-state index contributed by atoms with van der Waals surface area (Å²) in [5.41, 5.74) is -0.199. The van der Waals surface area contributed by atoms with E-state index in [2.05, 4.69) is 0 Å². The van der Waals surface area contributed by atoms with Crippen molar-refractivity contribution in [3.63, 3.8) is 0 Å². The normalized spacial score (nSPS) is 26.2. The van der Waals surface area contributed by atoms with E-state index in [1.54, 1.807) is 30.3 Å². The quantitative estimate of drug-likeness (QED) is 0.686. The van der Waals surface area contributed by atoms with Crippen LogP contribution in [0.15, 0.2) is 60.0 Å². The van der Waals surface area contributed by atoms with Crippen molar-refractivity contribution in [2.24, 2.45) is 0 Å².